The quantitative estimate of drug-likeness (QED) is 0.686. The van der Waals surface area contributed by atoms with Gasteiger partial charge in [-0.15, -0.1) is 0 Å². The third kappa shape index (κ3) is 5.53. The van der Waals surface area contributed by atoms with Gasteiger partial charge in [0.15, 0.2) is 0 Å². The number of hydrogen-bond acceptors (Lipinski definition) is 4. The molecule has 30 heavy (non-hydrogen) atoms. The molecule has 9 heteroatoms. The minimum absolute atomic E-state index is 0.177. The Morgan fingerprint density at radius 1 is 1.00 bits per heavy atom. The van der Waals surface area contributed by atoms with Gasteiger partial charge in [-0.25, -0.2) is 8.42 Å². The van der Waals surface area contributed by atoms with Crippen LogP contribution in [0, 0.1) is 10.8 Å². The molecule has 0 unspecified atom stereocenters. The van der Waals surface area contributed by atoms with Crippen LogP contribution in [-0.4, -0.2) is 55.3 Å². The Balaban J connectivity index is 1.56. The highest BCUT2D eigenvalue weighted by Gasteiger charge is 2.41. The van der Waals surface area contributed by atoms with E-state index in [0.717, 1.165) is 70.1 Å². The van der Waals surface area contributed by atoms with Crippen LogP contribution in [0.4, 0.5) is 13.2 Å². The molecule has 1 spiro atoms. The molecular weight excluding hydrogens is 415 g/mol. The van der Waals surface area contributed by atoms with Gasteiger partial charge in [-0.3, -0.25) is 4.98 Å². The predicted molar refractivity (Wildman–Crippen MR) is 109 cm³/mol. The average Bonchev–Trinajstić information content (AvgIpc) is 2.67. The van der Waals surface area contributed by atoms with Crippen molar-refractivity contribution in [3.63, 3.8) is 0 Å². The minimum Gasteiger partial charge on any atom is -0.303 e. The normalized spacial score (nSPS) is 21.8. The molecule has 2 aliphatic rings. The second-order valence-electron chi connectivity index (χ2n) is 9.93. The summed E-state index contributed by atoms with van der Waals surface area (Å²) in [6, 6.07) is 1.73. The molecule has 2 saturated heterocycles. The van der Waals surface area contributed by atoms with E-state index in [-0.39, 0.29) is 10.3 Å². The van der Waals surface area contributed by atoms with Crippen LogP contribution >= 0.6 is 0 Å². The molecule has 3 rings (SSSR count). The molecule has 3 heterocycles. The van der Waals surface area contributed by atoms with Gasteiger partial charge in [-0.1, -0.05) is 20.8 Å². The predicted octanol–water partition coefficient (Wildman–Crippen LogP) is 4.40. The lowest BCUT2D eigenvalue weighted by Gasteiger charge is -2.46. The molecule has 1 aromatic rings. The van der Waals surface area contributed by atoms with E-state index in [9.17, 15) is 21.6 Å². The zero-order chi connectivity index (χ0) is 22.2. The molecule has 0 amide bonds. The number of alkyl halides is 3. The van der Waals surface area contributed by atoms with Crippen molar-refractivity contribution in [1.82, 2.24) is 14.2 Å². The first-order valence-corrected chi connectivity index (χ1v) is 12.0. The van der Waals surface area contributed by atoms with Crippen molar-refractivity contribution >= 4 is 10.0 Å². The number of aromatic nitrogens is 1. The van der Waals surface area contributed by atoms with E-state index in [1.165, 1.54) is 4.31 Å². The molecule has 0 aliphatic carbocycles. The standard InChI is InChI=1S/C21H32F3N3O2S/c1-19(2,3)6-11-26-12-7-20(8-13-26)9-14-27(15-10-20)30(28,29)17-4-5-18(25-16-17)21(22,23)24/h4-5,16H,6-15H2,1-3H3. The van der Waals surface area contributed by atoms with E-state index in [4.69, 9.17) is 0 Å². The largest absolute Gasteiger partial charge is 0.433 e. The SMILES string of the molecule is CC(C)(C)CCN1CCC2(CC1)CCN(S(=O)(=O)c1ccc(C(F)(F)F)nc1)CC2. The van der Waals surface area contributed by atoms with Crippen LogP contribution in [0.5, 0.6) is 0 Å². The average molecular weight is 448 g/mol. The first kappa shape index (κ1) is 23.5. The summed E-state index contributed by atoms with van der Waals surface area (Å²) < 4.78 is 65.1. The summed E-state index contributed by atoms with van der Waals surface area (Å²) in [4.78, 5) is 5.63. The Morgan fingerprint density at radius 2 is 1.57 bits per heavy atom. The van der Waals surface area contributed by atoms with Crippen LogP contribution in [0.2, 0.25) is 0 Å². The summed E-state index contributed by atoms with van der Waals surface area (Å²) in [6.45, 7) is 10.8. The Bertz CT molecular complexity index is 815. The van der Waals surface area contributed by atoms with Crippen molar-refractivity contribution in [3.8, 4) is 0 Å². The summed E-state index contributed by atoms with van der Waals surface area (Å²) in [5.74, 6) is 0. The third-order valence-electron chi connectivity index (χ3n) is 6.54. The van der Waals surface area contributed by atoms with E-state index < -0.39 is 21.9 Å². The fourth-order valence-corrected chi connectivity index (χ4v) is 5.68. The highest BCUT2D eigenvalue weighted by atomic mass is 32.2. The topological polar surface area (TPSA) is 53.5 Å². The van der Waals surface area contributed by atoms with Gasteiger partial charge in [-0.05, 0) is 74.7 Å². The number of rotatable bonds is 4. The summed E-state index contributed by atoms with van der Waals surface area (Å²) in [5.41, 5.74) is -0.581. The zero-order valence-electron chi connectivity index (χ0n) is 18.0. The molecule has 0 aromatic carbocycles. The lowest BCUT2D eigenvalue weighted by molar-refractivity contribution is -0.141. The lowest BCUT2D eigenvalue weighted by atomic mass is 9.71. The Kier molecular flexibility index (Phi) is 6.56. The summed E-state index contributed by atoms with van der Waals surface area (Å²) in [5, 5.41) is 0. The number of hydrogen-bond donors (Lipinski definition) is 0. The number of piperidine rings is 2. The van der Waals surface area contributed by atoms with Gasteiger partial charge in [-0.2, -0.15) is 17.5 Å². The highest BCUT2D eigenvalue weighted by Crippen LogP contribution is 2.42. The van der Waals surface area contributed by atoms with Gasteiger partial charge < -0.3 is 4.90 Å². The van der Waals surface area contributed by atoms with Crippen molar-refractivity contribution in [1.29, 1.82) is 0 Å². The van der Waals surface area contributed by atoms with Crippen LogP contribution in [0.25, 0.3) is 0 Å². The van der Waals surface area contributed by atoms with Gasteiger partial charge in [0.05, 0.1) is 0 Å². The first-order chi connectivity index (χ1) is 13.8. The molecule has 170 valence electrons. The van der Waals surface area contributed by atoms with Gasteiger partial charge in [0.2, 0.25) is 10.0 Å². The van der Waals surface area contributed by atoms with E-state index in [2.05, 4.69) is 30.7 Å². The van der Waals surface area contributed by atoms with E-state index in [0.29, 0.717) is 18.5 Å². The van der Waals surface area contributed by atoms with Crippen LogP contribution in [0.15, 0.2) is 23.2 Å². The maximum atomic E-state index is 12.8. The minimum atomic E-state index is -4.58. The summed E-state index contributed by atoms with van der Waals surface area (Å²) in [6.07, 6.45) is 1.14. The Labute approximate surface area is 177 Å². The number of nitrogens with zero attached hydrogens (tertiary/aromatic N) is 3. The zero-order valence-corrected chi connectivity index (χ0v) is 18.8. The van der Waals surface area contributed by atoms with Crippen molar-refractivity contribution in [2.75, 3.05) is 32.7 Å². The molecule has 0 bridgehead atoms. The Hall–Kier alpha value is -1.19. The molecule has 2 fully saturated rings. The highest BCUT2D eigenvalue weighted by molar-refractivity contribution is 7.89. The van der Waals surface area contributed by atoms with Gasteiger partial charge >= 0.3 is 6.18 Å². The Morgan fingerprint density at radius 3 is 2.03 bits per heavy atom. The number of pyridine rings is 1. The molecular formula is C21H32F3N3O2S. The van der Waals surface area contributed by atoms with Crippen molar-refractivity contribution in [2.45, 2.75) is 63.9 Å². The smallest absolute Gasteiger partial charge is 0.303 e. The van der Waals surface area contributed by atoms with Gasteiger partial charge in [0.25, 0.3) is 0 Å². The first-order valence-electron chi connectivity index (χ1n) is 10.6. The molecule has 0 N–H and O–H groups in total. The monoisotopic (exact) mass is 447 g/mol. The number of likely N-dealkylation sites (tertiary alicyclic amines) is 1. The maximum Gasteiger partial charge on any atom is 0.433 e. The van der Waals surface area contributed by atoms with Crippen LogP contribution in [0.3, 0.4) is 0 Å². The molecule has 1 aromatic heterocycles. The number of sulfonamides is 1. The van der Waals surface area contributed by atoms with Crippen LogP contribution < -0.4 is 0 Å². The summed E-state index contributed by atoms with van der Waals surface area (Å²) in [7, 11) is -3.82. The van der Waals surface area contributed by atoms with E-state index in [1.807, 2.05) is 0 Å². The van der Waals surface area contributed by atoms with Crippen molar-refractivity contribution < 1.29 is 21.6 Å². The maximum absolute atomic E-state index is 12.8. The lowest BCUT2D eigenvalue weighted by Crippen LogP contribution is -2.48. The van der Waals surface area contributed by atoms with Crippen molar-refractivity contribution in [3.05, 3.63) is 24.0 Å². The molecule has 0 atom stereocenters. The number of halogens is 3. The summed E-state index contributed by atoms with van der Waals surface area (Å²) >= 11 is 0. The fourth-order valence-electron chi connectivity index (χ4n) is 4.30. The third-order valence-corrected chi connectivity index (χ3v) is 8.42. The van der Waals surface area contributed by atoms with E-state index in [1.54, 1.807) is 0 Å². The van der Waals surface area contributed by atoms with E-state index >= 15 is 0 Å². The molecule has 0 radical (unpaired) electrons. The molecule has 2 aliphatic heterocycles. The van der Waals surface area contributed by atoms with Crippen molar-refractivity contribution in [2.24, 2.45) is 10.8 Å². The second-order valence-corrected chi connectivity index (χ2v) is 11.9. The fraction of sp³-hybridized carbons (Fsp3) is 0.762. The van der Waals surface area contributed by atoms with Gasteiger partial charge in [0, 0.05) is 19.3 Å². The van der Waals surface area contributed by atoms with Gasteiger partial charge in [0.1, 0.15) is 10.6 Å². The second kappa shape index (κ2) is 8.39. The van der Waals surface area contributed by atoms with Crippen LogP contribution in [0.1, 0.15) is 58.6 Å². The molecule has 0 saturated carbocycles. The molecule has 5 nitrogen and oxygen atoms in total. The van der Waals surface area contributed by atoms with Crippen LogP contribution in [-0.2, 0) is 16.2 Å².